The van der Waals surface area contributed by atoms with E-state index in [-0.39, 0.29) is 13.1 Å². The number of rotatable bonds is 2. The first-order valence-electron chi connectivity index (χ1n) is 3.34. The van der Waals surface area contributed by atoms with Crippen LogP contribution in [-0.2, 0) is 14.0 Å². The van der Waals surface area contributed by atoms with Crippen LogP contribution >= 0.6 is 10.7 Å². The van der Waals surface area contributed by atoms with Crippen LogP contribution in [0.25, 0.3) is 0 Å². The molecule has 0 bridgehead atoms. The van der Waals surface area contributed by atoms with Gasteiger partial charge in [0.2, 0.25) is 0 Å². The van der Waals surface area contributed by atoms with Crippen LogP contribution in [0.15, 0.2) is 0 Å². The molecule has 0 spiro atoms. The van der Waals surface area contributed by atoms with E-state index in [1.807, 2.05) is 0 Å². The molecule has 5 nitrogen and oxygen atoms in total. The van der Waals surface area contributed by atoms with Gasteiger partial charge in [0.15, 0.2) is 0 Å². The molecule has 1 aliphatic heterocycles. The van der Waals surface area contributed by atoms with Gasteiger partial charge in [-0.1, -0.05) is 0 Å². The van der Waals surface area contributed by atoms with Gasteiger partial charge >= 0.3 is 5.97 Å². The van der Waals surface area contributed by atoms with E-state index in [9.17, 15) is 13.2 Å². The Labute approximate surface area is 74.5 Å². The summed E-state index contributed by atoms with van der Waals surface area (Å²) in [4.78, 5) is 10.4. The molecule has 70 valence electrons. The molecule has 7 heteroatoms. The molecule has 0 saturated carbocycles. The summed E-state index contributed by atoms with van der Waals surface area (Å²) >= 11 is 0. The lowest BCUT2D eigenvalue weighted by molar-refractivity contribution is -0.141. The van der Waals surface area contributed by atoms with Crippen molar-refractivity contribution in [1.82, 2.24) is 4.31 Å². The monoisotopic (exact) mass is 213 g/mol. The number of hydrogen-bond donors (Lipinski definition) is 1. The van der Waals surface area contributed by atoms with Gasteiger partial charge in [-0.05, 0) is 6.42 Å². The summed E-state index contributed by atoms with van der Waals surface area (Å²) in [7, 11) is 1.29. The van der Waals surface area contributed by atoms with Gasteiger partial charge in [0.05, 0.1) is 5.92 Å². The molecule has 12 heavy (non-hydrogen) atoms. The molecule has 1 rings (SSSR count). The molecule has 1 heterocycles. The molecule has 1 aliphatic rings. The lowest BCUT2D eigenvalue weighted by Gasteiger charge is -2.08. The van der Waals surface area contributed by atoms with E-state index in [4.69, 9.17) is 15.8 Å². The van der Waals surface area contributed by atoms with Crippen molar-refractivity contribution >= 4 is 25.9 Å². The van der Waals surface area contributed by atoms with Crippen molar-refractivity contribution in [1.29, 1.82) is 0 Å². The van der Waals surface area contributed by atoms with Crippen molar-refractivity contribution in [3.63, 3.8) is 0 Å². The number of aliphatic carboxylic acids is 1. The van der Waals surface area contributed by atoms with Crippen molar-refractivity contribution in [2.24, 2.45) is 5.92 Å². The fourth-order valence-corrected chi connectivity index (χ4v) is 2.19. The second kappa shape index (κ2) is 3.20. The molecule has 0 aromatic heterocycles. The Balaban J connectivity index is 2.64. The van der Waals surface area contributed by atoms with Crippen molar-refractivity contribution in [2.45, 2.75) is 6.42 Å². The molecule has 1 N–H and O–H groups in total. The lowest BCUT2D eigenvalue weighted by atomic mass is 10.1. The SMILES string of the molecule is O=C(O)C1CCN(S(=O)(=O)Cl)C1. The second-order valence-corrected chi connectivity index (χ2v) is 5.13. The van der Waals surface area contributed by atoms with E-state index < -0.39 is 21.1 Å². The molecule has 1 unspecified atom stereocenters. The van der Waals surface area contributed by atoms with Crippen molar-refractivity contribution in [2.75, 3.05) is 13.1 Å². The Kier molecular flexibility index (Phi) is 2.60. The van der Waals surface area contributed by atoms with Crippen molar-refractivity contribution < 1.29 is 18.3 Å². The van der Waals surface area contributed by atoms with E-state index in [2.05, 4.69) is 0 Å². The Bertz CT molecular complexity index is 288. The molecule has 1 saturated heterocycles. The summed E-state index contributed by atoms with van der Waals surface area (Å²) in [6.07, 6.45) is 0.335. The van der Waals surface area contributed by atoms with E-state index in [1.54, 1.807) is 0 Å². The van der Waals surface area contributed by atoms with Crippen LogP contribution in [-0.4, -0.2) is 36.9 Å². The quantitative estimate of drug-likeness (QED) is 0.649. The normalized spacial score (nSPS) is 25.9. The van der Waals surface area contributed by atoms with Crippen LogP contribution in [0, 0.1) is 5.92 Å². The van der Waals surface area contributed by atoms with Gasteiger partial charge in [-0.2, -0.15) is 12.7 Å². The summed E-state index contributed by atoms with van der Waals surface area (Å²) in [6, 6.07) is 0. The molecule has 0 aromatic carbocycles. The zero-order valence-electron chi connectivity index (χ0n) is 6.10. The highest BCUT2D eigenvalue weighted by molar-refractivity contribution is 8.11. The second-order valence-electron chi connectivity index (χ2n) is 2.62. The van der Waals surface area contributed by atoms with Crippen LogP contribution in [0.5, 0.6) is 0 Å². The Morgan fingerprint density at radius 2 is 2.17 bits per heavy atom. The summed E-state index contributed by atoms with van der Waals surface area (Å²) in [5, 5.41) is 8.53. The average Bonchev–Trinajstić information content (AvgIpc) is 2.30. The van der Waals surface area contributed by atoms with Gasteiger partial charge in [0, 0.05) is 23.8 Å². The maximum Gasteiger partial charge on any atom is 0.307 e. The predicted molar refractivity (Wildman–Crippen MR) is 42.1 cm³/mol. The largest absolute Gasteiger partial charge is 0.481 e. The molecule has 0 radical (unpaired) electrons. The van der Waals surface area contributed by atoms with Crippen LogP contribution in [0.1, 0.15) is 6.42 Å². The van der Waals surface area contributed by atoms with Gasteiger partial charge < -0.3 is 5.11 Å². The fraction of sp³-hybridized carbons (Fsp3) is 0.800. The van der Waals surface area contributed by atoms with E-state index >= 15 is 0 Å². The lowest BCUT2D eigenvalue weighted by Crippen LogP contribution is -2.26. The molecular weight excluding hydrogens is 206 g/mol. The van der Waals surface area contributed by atoms with E-state index in [1.165, 1.54) is 0 Å². The van der Waals surface area contributed by atoms with E-state index in [0.29, 0.717) is 6.42 Å². The van der Waals surface area contributed by atoms with Crippen molar-refractivity contribution in [3.05, 3.63) is 0 Å². The Morgan fingerprint density at radius 3 is 2.42 bits per heavy atom. The summed E-state index contributed by atoms with van der Waals surface area (Å²) in [5.74, 6) is -1.59. The number of hydrogen-bond acceptors (Lipinski definition) is 3. The minimum absolute atomic E-state index is 0.0127. The molecule has 0 aromatic rings. The van der Waals surface area contributed by atoms with Crippen LogP contribution in [0.2, 0.25) is 0 Å². The maximum atomic E-state index is 10.7. The minimum Gasteiger partial charge on any atom is -0.481 e. The van der Waals surface area contributed by atoms with E-state index in [0.717, 1.165) is 4.31 Å². The number of nitrogens with zero attached hydrogens (tertiary/aromatic N) is 1. The summed E-state index contributed by atoms with van der Waals surface area (Å²) in [5.41, 5.74) is 0. The topological polar surface area (TPSA) is 74.7 Å². The third kappa shape index (κ3) is 2.09. The van der Waals surface area contributed by atoms with Gasteiger partial charge in [-0.25, -0.2) is 0 Å². The highest BCUT2D eigenvalue weighted by Gasteiger charge is 2.33. The van der Waals surface area contributed by atoms with Crippen molar-refractivity contribution in [3.8, 4) is 0 Å². The van der Waals surface area contributed by atoms with Gasteiger partial charge in [-0.15, -0.1) is 0 Å². The predicted octanol–water partition coefficient (Wildman–Crippen LogP) is -0.123. The number of carboxylic acids is 1. The fourth-order valence-electron chi connectivity index (χ4n) is 1.13. The van der Waals surface area contributed by atoms with Crippen LogP contribution < -0.4 is 0 Å². The maximum absolute atomic E-state index is 10.7. The molecule has 0 aliphatic carbocycles. The van der Waals surface area contributed by atoms with Gasteiger partial charge in [0.25, 0.3) is 9.24 Å². The first-order valence-corrected chi connectivity index (χ1v) is 5.60. The van der Waals surface area contributed by atoms with Crippen LogP contribution in [0.3, 0.4) is 0 Å². The number of halogens is 1. The Morgan fingerprint density at radius 1 is 1.58 bits per heavy atom. The standard InChI is InChI=1S/C5H8ClNO4S/c6-12(10,11)7-2-1-4(3-7)5(8)9/h4H,1-3H2,(H,8,9). The third-order valence-electron chi connectivity index (χ3n) is 1.81. The number of carbonyl (C=O) groups is 1. The molecular formula is C5H8ClNO4S. The zero-order valence-corrected chi connectivity index (χ0v) is 7.68. The first kappa shape index (κ1) is 9.76. The first-order chi connectivity index (χ1) is 5.41. The highest BCUT2D eigenvalue weighted by atomic mass is 35.7. The molecule has 1 atom stereocenters. The Hall–Kier alpha value is -0.330. The zero-order chi connectivity index (χ0) is 9.35. The average molecular weight is 214 g/mol. The minimum atomic E-state index is -3.73. The summed E-state index contributed by atoms with van der Waals surface area (Å²) < 4.78 is 22.4. The molecule has 0 amide bonds. The highest BCUT2D eigenvalue weighted by Crippen LogP contribution is 2.21. The van der Waals surface area contributed by atoms with Gasteiger partial charge in [-0.3, -0.25) is 4.79 Å². The number of carboxylic acid groups (broad SMARTS) is 1. The molecule has 1 fully saturated rings. The third-order valence-corrected chi connectivity index (χ3v) is 3.34. The van der Waals surface area contributed by atoms with Crippen LogP contribution in [0.4, 0.5) is 0 Å². The van der Waals surface area contributed by atoms with Gasteiger partial charge in [0.1, 0.15) is 0 Å². The smallest absolute Gasteiger partial charge is 0.307 e. The summed E-state index contributed by atoms with van der Waals surface area (Å²) in [6.45, 7) is 0.184.